The van der Waals surface area contributed by atoms with Crippen molar-refractivity contribution in [1.29, 1.82) is 0 Å². The third-order valence-corrected chi connectivity index (χ3v) is 4.77. The van der Waals surface area contributed by atoms with E-state index < -0.39 is 0 Å². The highest BCUT2D eigenvalue weighted by atomic mass is 16.5. The molecule has 0 atom stereocenters. The largest absolute Gasteiger partial charge is 0.484 e. The average Bonchev–Trinajstić information content (AvgIpc) is 2.93. The maximum absolute atomic E-state index is 12.5. The number of para-hydroxylation sites is 2. The smallest absolute Gasteiger partial charge is 0.260 e. The average molecular weight is 320 g/mol. The highest BCUT2D eigenvalue weighted by Gasteiger charge is 2.25. The summed E-state index contributed by atoms with van der Waals surface area (Å²) in [6, 6.07) is 17.9. The van der Waals surface area contributed by atoms with E-state index in [1.54, 1.807) is 0 Å². The molecule has 3 aromatic rings. The Balaban J connectivity index is 1.51. The van der Waals surface area contributed by atoms with Crippen LogP contribution in [-0.4, -0.2) is 28.5 Å². The quantitative estimate of drug-likeness (QED) is 0.743. The number of aryl methyl sites for hydroxylation is 1. The lowest BCUT2D eigenvalue weighted by Gasteiger charge is -2.28. The van der Waals surface area contributed by atoms with Crippen LogP contribution in [-0.2, 0) is 24.8 Å². The third-order valence-electron chi connectivity index (χ3n) is 4.77. The van der Waals surface area contributed by atoms with Gasteiger partial charge >= 0.3 is 0 Å². The second-order valence-corrected chi connectivity index (χ2v) is 6.17. The Kier molecular flexibility index (Phi) is 3.73. The highest BCUT2D eigenvalue weighted by molar-refractivity contribution is 5.86. The molecule has 0 aliphatic carbocycles. The summed E-state index contributed by atoms with van der Waals surface area (Å²) in [6.07, 6.45) is 0.897. The van der Waals surface area contributed by atoms with Crippen molar-refractivity contribution >= 4 is 16.8 Å². The van der Waals surface area contributed by atoms with Gasteiger partial charge in [-0.3, -0.25) is 4.79 Å². The fraction of sp³-hybridized carbons (Fsp3) is 0.250. The molecule has 4 rings (SSSR count). The molecule has 24 heavy (non-hydrogen) atoms. The first kappa shape index (κ1) is 14.8. The van der Waals surface area contributed by atoms with Crippen molar-refractivity contribution in [2.45, 2.75) is 13.0 Å². The van der Waals surface area contributed by atoms with Gasteiger partial charge in [0.15, 0.2) is 6.61 Å². The molecule has 4 heteroatoms. The van der Waals surface area contributed by atoms with Crippen molar-refractivity contribution < 1.29 is 9.53 Å². The summed E-state index contributed by atoms with van der Waals surface area (Å²) in [7, 11) is 2.08. The van der Waals surface area contributed by atoms with E-state index in [-0.39, 0.29) is 12.5 Å². The van der Waals surface area contributed by atoms with Crippen LogP contribution in [0.4, 0.5) is 0 Å². The number of benzene rings is 2. The van der Waals surface area contributed by atoms with Gasteiger partial charge in [-0.2, -0.15) is 0 Å². The molecule has 1 aliphatic heterocycles. The molecular weight excluding hydrogens is 300 g/mol. The van der Waals surface area contributed by atoms with Gasteiger partial charge in [0.05, 0.1) is 6.54 Å². The molecule has 0 bridgehead atoms. The molecule has 2 heterocycles. The van der Waals surface area contributed by atoms with Gasteiger partial charge in [-0.1, -0.05) is 36.4 Å². The minimum Gasteiger partial charge on any atom is -0.484 e. The van der Waals surface area contributed by atoms with Crippen LogP contribution in [0.3, 0.4) is 0 Å². The number of ether oxygens (including phenoxy) is 1. The summed E-state index contributed by atoms with van der Waals surface area (Å²) in [4.78, 5) is 14.4. The first-order valence-electron chi connectivity index (χ1n) is 8.25. The van der Waals surface area contributed by atoms with Gasteiger partial charge in [-0.05, 0) is 30.2 Å². The van der Waals surface area contributed by atoms with Gasteiger partial charge in [0.1, 0.15) is 5.75 Å². The second kappa shape index (κ2) is 6.04. The molecule has 2 aromatic carbocycles. The lowest BCUT2D eigenvalue weighted by atomic mass is 10.0. The number of amides is 1. The molecule has 0 saturated carbocycles. The molecule has 0 radical (unpaired) electrons. The zero-order chi connectivity index (χ0) is 16.5. The molecule has 0 spiro atoms. The van der Waals surface area contributed by atoms with Crippen molar-refractivity contribution in [3.63, 3.8) is 0 Å². The number of carbonyl (C=O) groups excluding carboxylic acids is 1. The molecule has 1 aliphatic rings. The van der Waals surface area contributed by atoms with Crippen molar-refractivity contribution in [3.05, 3.63) is 65.9 Å². The predicted molar refractivity (Wildman–Crippen MR) is 94.0 cm³/mol. The van der Waals surface area contributed by atoms with Gasteiger partial charge in [-0.25, -0.2) is 0 Å². The van der Waals surface area contributed by atoms with Crippen molar-refractivity contribution in [2.24, 2.45) is 7.05 Å². The zero-order valence-corrected chi connectivity index (χ0v) is 13.7. The number of hydrogen-bond acceptors (Lipinski definition) is 2. The fourth-order valence-electron chi connectivity index (χ4n) is 3.48. The molecule has 0 N–H and O–H groups in total. The van der Waals surface area contributed by atoms with Crippen LogP contribution in [0.15, 0.2) is 54.6 Å². The molecule has 0 saturated heterocycles. The van der Waals surface area contributed by atoms with E-state index in [2.05, 4.69) is 35.9 Å². The van der Waals surface area contributed by atoms with Gasteiger partial charge in [0.25, 0.3) is 5.91 Å². The number of hydrogen-bond donors (Lipinski definition) is 0. The van der Waals surface area contributed by atoms with Gasteiger partial charge in [0, 0.05) is 30.2 Å². The molecule has 0 fully saturated rings. The van der Waals surface area contributed by atoms with Crippen molar-refractivity contribution in [2.75, 3.05) is 13.2 Å². The Morgan fingerprint density at radius 3 is 2.67 bits per heavy atom. The summed E-state index contributed by atoms with van der Waals surface area (Å²) < 4.78 is 7.81. The number of carbonyl (C=O) groups is 1. The van der Waals surface area contributed by atoms with Crippen LogP contribution in [0, 0.1) is 0 Å². The number of fused-ring (bicyclic) bond motifs is 3. The summed E-state index contributed by atoms with van der Waals surface area (Å²) in [5.74, 6) is 0.767. The Hall–Kier alpha value is -2.75. The Labute approximate surface area is 141 Å². The molecule has 1 aromatic heterocycles. The van der Waals surface area contributed by atoms with E-state index in [0.29, 0.717) is 6.54 Å². The minimum absolute atomic E-state index is 0.0368. The zero-order valence-electron chi connectivity index (χ0n) is 13.7. The van der Waals surface area contributed by atoms with E-state index in [1.165, 1.54) is 22.2 Å². The molecule has 1 amide bonds. The lowest BCUT2D eigenvalue weighted by molar-refractivity contribution is -0.134. The monoisotopic (exact) mass is 320 g/mol. The summed E-state index contributed by atoms with van der Waals surface area (Å²) in [5, 5.41) is 1.31. The van der Waals surface area contributed by atoms with Crippen molar-refractivity contribution in [3.8, 4) is 5.75 Å². The molecular formula is C20H20N2O2. The predicted octanol–water partition coefficient (Wildman–Crippen LogP) is 3.14. The van der Waals surface area contributed by atoms with Crippen molar-refractivity contribution in [1.82, 2.24) is 9.47 Å². The van der Waals surface area contributed by atoms with Crippen LogP contribution in [0.1, 0.15) is 11.3 Å². The molecule has 4 nitrogen and oxygen atoms in total. The Morgan fingerprint density at radius 2 is 1.83 bits per heavy atom. The Bertz CT molecular complexity index is 883. The van der Waals surface area contributed by atoms with E-state index in [0.717, 1.165) is 18.7 Å². The first-order valence-corrected chi connectivity index (χ1v) is 8.25. The fourth-order valence-corrected chi connectivity index (χ4v) is 3.48. The van der Waals surface area contributed by atoms with E-state index >= 15 is 0 Å². The van der Waals surface area contributed by atoms with Gasteiger partial charge in [-0.15, -0.1) is 0 Å². The number of rotatable bonds is 3. The number of nitrogens with zero attached hydrogens (tertiary/aromatic N) is 2. The van der Waals surface area contributed by atoms with Gasteiger partial charge < -0.3 is 14.2 Å². The minimum atomic E-state index is 0.0368. The summed E-state index contributed by atoms with van der Waals surface area (Å²) >= 11 is 0. The van der Waals surface area contributed by atoms with Crippen LogP contribution in [0.2, 0.25) is 0 Å². The summed E-state index contributed by atoms with van der Waals surface area (Å²) in [5.41, 5.74) is 3.84. The standard InChI is InChI=1S/C20H20N2O2/c1-21-18-10-6-5-9-16(18)17-11-12-22(13-19(17)21)20(23)14-24-15-7-3-2-4-8-15/h2-10H,11-14H2,1H3. The van der Waals surface area contributed by atoms with E-state index in [9.17, 15) is 4.79 Å². The second-order valence-electron chi connectivity index (χ2n) is 6.17. The van der Waals surface area contributed by atoms with Crippen LogP contribution >= 0.6 is 0 Å². The van der Waals surface area contributed by atoms with E-state index in [1.807, 2.05) is 35.2 Å². The first-order chi connectivity index (χ1) is 11.7. The maximum atomic E-state index is 12.5. The van der Waals surface area contributed by atoms with Crippen LogP contribution in [0.25, 0.3) is 10.9 Å². The normalized spacial score (nSPS) is 13.8. The SMILES string of the molecule is Cn1c2c(c3ccccc31)CCN(C(=O)COc1ccccc1)C2. The molecule has 122 valence electrons. The topological polar surface area (TPSA) is 34.5 Å². The molecule has 0 unspecified atom stereocenters. The van der Waals surface area contributed by atoms with E-state index in [4.69, 9.17) is 4.74 Å². The third kappa shape index (κ3) is 2.54. The maximum Gasteiger partial charge on any atom is 0.260 e. The van der Waals surface area contributed by atoms with Crippen LogP contribution < -0.4 is 4.74 Å². The van der Waals surface area contributed by atoms with Gasteiger partial charge in [0.2, 0.25) is 0 Å². The highest BCUT2D eigenvalue weighted by Crippen LogP contribution is 2.29. The Morgan fingerprint density at radius 1 is 1.08 bits per heavy atom. The van der Waals surface area contributed by atoms with Crippen LogP contribution in [0.5, 0.6) is 5.75 Å². The number of aromatic nitrogens is 1. The summed E-state index contributed by atoms with van der Waals surface area (Å²) in [6.45, 7) is 1.48. The lowest BCUT2D eigenvalue weighted by Crippen LogP contribution is -2.39.